The second kappa shape index (κ2) is 7.91. The number of carbonyl (C=O) groups excluding carboxylic acids is 1. The fraction of sp³-hybridized carbons (Fsp3) is 0.350. The van der Waals surface area contributed by atoms with Crippen LogP contribution in [0.3, 0.4) is 0 Å². The normalized spacial score (nSPS) is 17.2. The number of hydrogen-bond acceptors (Lipinski definition) is 4. The van der Waals surface area contributed by atoms with Gasteiger partial charge in [0.2, 0.25) is 0 Å². The molecule has 25 heavy (non-hydrogen) atoms. The predicted molar refractivity (Wildman–Crippen MR) is 97.0 cm³/mol. The van der Waals surface area contributed by atoms with Gasteiger partial charge in [0.15, 0.2) is 0 Å². The summed E-state index contributed by atoms with van der Waals surface area (Å²) in [5.41, 5.74) is 2.51. The Morgan fingerprint density at radius 2 is 2.20 bits per heavy atom. The quantitative estimate of drug-likeness (QED) is 0.913. The van der Waals surface area contributed by atoms with Crippen LogP contribution in [0.2, 0.25) is 0 Å². The zero-order chi connectivity index (χ0) is 17.6. The van der Waals surface area contributed by atoms with Crippen LogP contribution in [0.15, 0.2) is 42.5 Å². The van der Waals surface area contributed by atoms with Crippen LogP contribution >= 0.6 is 0 Å². The summed E-state index contributed by atoms with van der Waals surface area (Å²) in [5.74, 6) is -0.0704. The van der Waals surface area contributed by atoms with Crippen LogP contribution in [0.1, 0.15) is 35.3 Å². The van der Waals surface area contributed by atoms with Crippen molar-refractivity contribution in [3.63, 3.8) is 0 Å². The lowest BCUT2D eigenvalue weighted by Crippen LogP contribution is -2.31. The lowest BCUT2D eigenvalue weighted by Gasteiger charge is -2.19. The van der Waals surface area contributed by atoms with Gasteiger partial charge in [-0.25, -0.2) is 4.98 Å². The van der Waals surface area contributed by atoms with E-state index in [1.54, 1.807) is 18.2 Å². The highest BCUT2D eigenvalue weighted by molar-refractivity contribution is 5.95. The minimum absolute atomic E-state index is 0.0704. The number of amides is 1. The van der Waals surface area contributed by atoms with Crippen molar-refractivity contribution < 1.29 is 4.79 Å². The molecule has 0 radical (unpaired) electrons. The van der Waals surface area contributed by atoms with Gasteiger partial charge in [-0.05, 0) is 57.1 Å². The summed E-state index contributed by atoms with van der Waals surface area (Å²) < 4.78 is 0. The third kappa shape index (κ3) is 4.23. The van der Waals surface area contributed by atoms with E-state index in [1.165, 1.54) is 12.8 Å². The Morgan fingerprint density at radius 3 is 2.96 bits per heavy atom. The summed E-state index contributed by atoms with van der Waals surface area (Å²) in [6.07, 6.45) is 3.43. The summed E-state index contributed by atoms with van der Waals surface area (Å²) in [4.78, 5) is 19.1. The molecule has 3 rings (SSSR count). The molecule has 5 nitrogen and oxygen atoms in total. The molecule has 1 saturated heterocycles. The van der Waals surface area contributed by atoms with Crippen molar-refractivity contribution in [3.05, 3.63) is 53.7 Å². The Bertz CT molecular complexity index is 796. The third-order valence-electron chi connectivity index (χ3n) is 4.72. The summed E-state index contributed by atoms with van der Waals surface area (Å²) in [6.45, 7) is 1.83. The predicted octanol–water partition coefficient (Wildman–Crippen LogP) is 2.83. The number of nitriles is 1. The second-order valence-electron chi connectivity index (χ2n) is 6.42. The standard InChI is InChI=1S/C20H22N4O/c1-24-12-4-8-18(24)10-11-22-20(25)16-6-2-5-15(13-16)19-9-3-7-17(14-21)23-19/h2-3,5-7,9,13,18H,4,8,10-12H2,1H3,(H,22,25)/t18-/m0/s1. The summed E-state index contributed by atoms with van der Waals surface area (Å²) in [6, 6.07) is 15.3. The number of rotatable bonds is 5. The van der Waals surface area contributed by atoms with Crippen molar-refractivity contribution >= 4 is 5.91 Å². The second-order valence-corrected chi connectivity index (χ2v) is 6.42. The molecule has 2 aromatic rings. The van der Waals surface area contributed by atoms with E-state index in [-0.39, 0.29) is 5.91 Å². The average Bonchev–Trinajstić information content (AvgIpc) is 3.07. The van der Waals surface area contributed by atoms with Crippen LogP contribution in [0, 0.1) is 11.3 Å². The van der Waals surface area contributed by atoms with Gasteiger partial charge in [0.1, 0.15) is 11.8 Å². The monoisotopic (exact) mass is 334 g/mol. The maximum absolute atomic E-state index is 12.4. The highest BCUT2D eigenvalue weighted by Crippen LogP contribution is 2.19. The van der Waals surface area contributed by atoms with E-state index in [4.69, 9.17) is 5.26 Å². The molecule has 1 fully saturated rings. The van der Waals surface area contributed by atoms with Gasteiger partial charge in [0.25, 0.3) is 5.91 Å². The summed E-state index contributed by atoms with van der Waals surface area (Å²) in [7, 11) is 2.14. The zero-order valence-electron chi connectivity index (χ0n) is 14.4. The molecule has 1 aliphatic rings. The summed E-state index contributed by atoms with van der Waals surface area (Å²) >= 11 is 0. The highest BCUT2D eigenvalue weighted by Gasteiger charge is 2.20. The number of pyridine rings is 1. The van der Waals surface area contributed by atoms with Gasteiger partial charge in [-0.2, -0.15) is 5.26 Å². The van der Waals surface area contributed by atoms with Crippen LogP contribution < -0.4 is 5.32 Å². The van der Waals surface area contributed by atoms with Gasteiger partial charge in [-0.15, -0.1) is 0 Å². The number of benzene rings is 1. The Morgan fingerprint density at radius 1 is 1.36 bits per heavy atom. The lowest BCUT2D eigenvalue weighted by molar-refractivity contribution is 0.0950. The number of likely N-dealkylation sites (tertiary alicyclic amines) is 1. The minimum atomic E-state index is -0.0704. The van der Waals surface area contributed by atoms with Crippen LogP contribution in [-0.2, 0) is 0 Å². The molecule has 1 amide bonds. The first-order valence-electron chi connectivity index (χ1n) is 8.63. The molecule has 1 aromatic heterocycles. The zero-order valence-corrected chi connectivity index (χ0v) is 14.4. The maximum Gasteiger partial charge on any atom is 0.251 e. The van der Waals surface area contributed by atoms with Gasteiger partial charge in [-0.3, -0.25) is 4.79 Å². The molecule has 0 unspecified atom stereocenters. The number of carbonyl (C=O) groups is 1. The smallest absolute Gasteiger partial charge is 0.251 e. The van der Waals surface area contributed by atoms with Crippen LogP contribution in [0.25, 0.3) is 11.3 Å². The highest BCUT2D eigenvalue weighted by atomic mass is 16.1. The molecule has 1 aliphatic heterocycles. The summed E-state index contributed by atoms with van der Waals surface area (Å²) in [5, 5.41) is 12.0. The molecule has 0 spiro atoms. The molecule has 0 saturated carbocycles. The first-order chi connectivity index (χ1) is 12.2. The molecule has 0 aliphatic carbocycles. The van der Waals surface area contributed by atoms with Gasteiger partial charge in [-0.1, -0.05) is 18.2 Å². The Labute approximate surface area is 148 Å². The Kier molecular flexibility index (Phi) is 5.42. The fourth-order valence-corrected chi connectivity index (χ4v) is 3.28. The molecule has 1 atom stereocenters. The third-order valence-corrected chi connectivity index (χ3v) is 4.72. The molecule has 128 valence electrons. The van der Waals surface area contributed by atoms with E-state index in [1.807, 2.05) is 30.3 Å². The molecule has 1 N–H and O–H groups in total. The average molecular weight is 334 g/mol. The molecule has 5 heteroatoms. The van der Waals surface area contributed by atoms with Gasteiger partial charge in [0, 0.05) is 23.7 Å². The number of nitrogens with one attached hydrogen (secondary N) is 1. The molecule has 0 bridgehead atoms. The molecular weight excluding hydrogens is 312 g/mol. The van der Waals surface area contributed by atoms with Gasteiger partial charge >= 0.3 is 0 Å². The van der Waals surface area contributed by atoms with E-state index in [9.17, 15) is 4.79 Å². The van der Waals surface area contributed by atoms with E-state index >= 15 is 0 Å². The van der Waals surface area contributed by atoms with Crippen molar-refractivity contribution in [2.24, 2.45) is 0 Å². The minimum Gasteiger partial charge on any atom is -0.352 e. The van der Waals surface area contributed by atoms with Crippen LogP contribution in [0.5, 0.6) is 0 Å². The number of aromatic nitrogens is 1. The van der Waals surface area contributed by atoms with Crippen molar-refractivity contribution in [2.45, 2.75) is 25.3 Å². The maximum atomic E-state index is 12.4. The van der Waals surface area contributed by atoms with Gasteiger partial charge in [0.05, 0.1) is 5.69 Å². The first kappa shape index (κ1) is 17.1. The van der Waals surface area contributed by atoms with Crippen molar-refractivity contribution in [1.29, 1.82) is 5.26 Å². The van der Waals surface area contributed by atoms with E-state index in [2.05, 4.69) is 22.2 Å². The van der Waals surface area contributed by atoms with Crippen LogP contribution in [-0.4, -0.2) is 42.0 Å². The van der Waals surface area contributed by atoms with E-state index < -0.39 is 0 Å². The van der Waals surface area contributed by atoms with Crippen molar-refractivity contribution in [1.82, 2.24) is 15.2 Å². The van der Waals surface area contributed by atoms with Crippen molar-refractivity contribution in [2.75, 3.05) is 20.1 Å². The first-order valence-corrected chi connectivity index (χ1v) is 8.63. The lowest BCUT2D eigenvalue weighted by atomic mass is 10.1. The topological polar surface area (TPSA) is 69.0 Å². The number of hydrogen-bond donors (Lipinski definition) is 1. The largest absolute Gasteiger partial charge is 0.352 e. The molecular formula is C20H22N4O. The Hall–Kier alpha value is -2.71. The SMILES string of the molecule is CN1CCC[C@H]1CCNC(=O)c1cccc(-c2cccc(C#N)n2)c1. The van der Waals surface area contributed by atoms with Crippen molar-refractivity contribution in [3.8, 4) is 17.3 Å². The van der Waals surface area contributed by atoms with E-state index in [0.717, 1.165) is 18.5 Å². The van der Waals surface area contributed by atoms with E-state index in [0.29, 0.717) is 29.5 Å². The fourth-order valence-electron chi connectivity index (χ4n) is 3.28. The molecule has 1 aromatic carbocycles. The molecule has 2 heterocycles. The van der Waals surface area contributed by atoms with Crippen LogP contribution in [0.4, 0.5) is 0 Å². The Balaban J connectivity index is 1.64. The number of nitrogens with zero attached hydrogens (tertiary/aromatic N) is 3. The van der Waals surface area contributed by atoms with Gasteiger partial charge < -0.3 is 10.2 Å².